The molecule has 0 amide bonds. The van der Waals surface area contributed by atoms with Gasteiger partial charge in [-0.25, -0.2) is 13.2 Å². The minimum absolute atomic E-state index is 0.00603. The van der Waals surface area contributed by atoms with Crippen molar-refractivity contribution in [3.63, 3.8) is 0 Å². The van der Waals surface area contributed by atoms with Crippen molar-refractivity contribution >= 4 is 27.3 Å². The monoisotopic (exact) mass is 316 g/mol. The van der Waals surface area contributed by atoms with Crippen LogP contribution in [-0.4, -0.2) is 36.9 Å². The Morgan fingerprint density at radius 3 is 2.60 bits per heavy atom. The summed E-state index contributed by atoms with van der Waals surface area (Å²) < 4.78 is 26.1. The van der Waals surface area contributed by atoms with Gasteiger partial charge in [-0.15, -0.1) is 11.3 Å². The first-order chi connectivity index (χ1) is 9.28. The topological polar surface area (TPSA) is 98.5 Å². The van der Waals surface area contributed by atoms with E-state index in [1.165, 1.54) is 16.4 Å². The average molecular weight is 316 g/mol. The summed E-state index contributed by atoms with van der Waals surface area (Å²) in [7, 11) is -3.74. The largest absolute Gasteiger partial charge is 0.477 e. The second kappa shape index (κ2) is 6.83. The number of hydrogen-bond donors (Lipinski definition) is 1. The van der Waals surface area contributed by atoms with E-state index < -0.39 is 16.0 Å². The van der Waals surface area contributed by atoms with Crippen LogP contribution in [0.4, 0.5) is 0 Å². The first-order valence-corrected chi connectivity index (χ1v) is 8.25. The highest BCUT2D eigenvalue weighted by Crippen LogP contribution is 2.25. The van der Waals surface area contributed by atoms with Crippen molar-refractivity contribution in [1.29, 1.82) is 5.26 Å². The van der Waals surface area contributed by atoms with E-state index in [0.717, 1.165) is 11.3 Å². The van der Waals surface area contributed by atoms with Crippen LogP contribution < -0.4 is 0 Å². The zero-order valence-electron chi connectivity index (χ0n) is 11.2. The van der Waals surface area contributed by atoms with Gasteiger partial charge in [-0.2, -0.15) is 9.57 Å². The lowest BCUT2D eigenvalue weighted by Crippen LogP contribution is -2.34. The second-order valence-electron chi connectivity index (χ2n) is 4.59. The van der Waals surface area contributed by atoms with Crippen molar-refractivity contribution in [3.05, 3.63) is 17.0 Å². The second-order valence-corrected chi connectivity index (χ2v) is 7.84. The maximum atomic E-state index is 12.4. The van der Waals surface area contributed by atoms with Crippen LogP contribution in [0.15, 0.2) is 16.3 Å². The molecule has 0 atom stereocenters. The molecule has 0 saturated carbocycles. The highest BCUT2D eigenvalue weighted by atomic mass is 32.2. The SMILES string of the molecule is CC(C)CN(CCC#N)S(=O)(=O)c1ccc(C(=O)O)s1. The minimum atomic E-state index is -3.74. The first-order valence-electron chi connectivity index (χ1n) is 5.99. The number of aromatic carboxylic acids is 1. The molecule has 1 N–H and O–H groups in total. The Hall–Kier alpha value is -1.43. The summed E-state index contributed by atoms with van der Waals surface area (Å²) in [4.78, 5) is 10.8. The fourth-order valence-corrected chi connectivity index (χ4v) is 4.50. The molecule has 110 valence electrons. The summed E-state index contributed by atoms with van der Waals surface area (Å²) in [6, 6.07) is 4.49. The highest BCUT2D eigenvalue weighted by Gasteiger charge is 2.27. The smallest absolute Gasteiger partial charge is 0.345 e. The molecule has 1 heterocycles. The molecule has 0 unspecified atom stereocenters. The predicted molar refractivity (Wildman–Crippen MR) is 75.1 cm³/mol. The third-order valence-electron chi connectivity index (χ3n) is 2.43. The first kappa shape index (κ1) is 16.6. The molecule has 0 aliphatic heterocycles. The molecule has 6 nitrogen and oxygen atoms in total. The maximum Gasteiger partial charge on any atom is 0.345 e. The molecular weight excluding hydrogens is 300 g/mol. The van der Waals surface area contributed by atoms with Gasteiger partial charge in [0.25, 0.3) is 10.0 Å². The lowest BCUT2D eigenvalue weighted by atomic mass is 10.2. The average Bonchev–Trinajstić information content (AvgIpc) is 2.84. The van der Waals surface area contributed by atoms with Gasteiger partial charge in [0.1, 0.15) is 9.09 Å². The third-order valence-corrected chi connectivity index (χ3v) is 5.83. The molecule has 0 aromatic carbocycles. The molecule has 0 radical (unpaired) electrons. The van der Waals surface area contributed by atoms with E-state index in [0.29, 0.717) is 6.54 Å². The molecule has 1 aromatic rings. The van der Waals surface area contributed by atoms with E-state index in [4.69, 9.17) is 10.4 Å². The van der Waals surface area contributed by atoms with Crippen LogP contribution in [0, 0.1) is 17.2 Å². The number of hydrogen-bond acceptors (Lipinski definition) is 5. The van der Waals surface area contributed by atoms with E-state index in [-0.39, 0.29) is 28.0 Å². The van der Waals surface area contributed by atoms with Gasteiger partial charge in [0.2, 0.25) is 0 Å². The molecule has 0 fully saturated rings. The van der Waals surface area contributed by atoms with Crippen molar-refractivity contribution in [2.45, 2.75) is 24.5 Å². The molecule has 8 heteroatoms. The standard InChI is InChI=1S/C12H16N2O4S2/c1-9(2)8-14(7-3-6-13)20(17,18)11-5-4-10(19-11)12(15)16/h4-5,9H,3,7-8H2,1-2H3,(H,15,16). The van der Waals surface area contributed by atoms with Crippen LogP contribution in [-0.2, 0) is 10.0 Å². The van der Waals surface area contributed by atoms with Gasteiger partial charge in [-0.05, 0) is 18.1 Å². The maximum absolute atomic E-state index is 12.4. The van der Waals surface area contributed by atoms with E-state index in [1.54, 1.807) is 0 Å². The zero-order valence-corrected chi connectivity index (χ0v) is 12.9. The Morgan fingerprint density at radius 1 is 1.50 bits per heavy atom. The fourth-order valence-electron chi connectivity index (χ4n) is 1.59. The van der Waals surface area contributed by atoms with E-state index in [9.17, 15) is 13.2 Å². The lowest BCUT2D eigenvalue weighted by molar-refractivity contribution is 0.0702. The number of sulfonamides is 1. The summed E-state index contributed by atoms with van der Waals surface area (Å²) in [6.45, 7) is 4.17. The summed E-state index contributed by atoms with van der Waals surface area (Å²) >= 11 is 0.725. The van der Waals surface area contributed by atoms with Crippen LogP contribution in [0.25, 0.3) is 0 Å². The number of carboxylic acids is 1. The third kappa shape index (κ3) is 4.03. The number of carboxylic acid groups (broad SMARTS) is 1. The summed E-state index contributed by atoms with van der Waals surface area (Å²) in [5, 5.41) is 17.5. The van der Waals surface area contributed by atoms with E-state index in [2.05, 4.69) is 0 Å². The highest BCUT2D eigenvalue weighted by molar-refractivity contribution is 7.91. The molecule has 0 spiro atoms. The van der Waals surface area contributed by atoms with Gasteiger partial charge in [-0.3, -0.25) is 0 Å². The summed E-state index contributed by atoms with van der Waals surface area (Å²) in [5.74, 6) is -1.04. The van der Waals surface area contributed by atoms with Crippen LogP contribution in [0.1, 0.15) is 29.9 Å². The molecule has 1 rings (SSSR count). The summed E-state index contributed by atoms with van der Waals surface area (Å²) in [5.41, 5.74) is 0. The Kier molecular flexibility index (Phi) is 5.68. The Balaban J connectivity index is 3.07. The normalized spacial score (nSPS) is 11.8. The van der Waals surface area contributed by atoms with E-state index >= 15 is 0 Å². The number of thiophene rings is 1. The Labute approximate surface area is 122 Å². The van der Waals surface area contributed by atoms with Crippen LogP contribution >= 0.6 is 11.3 Å². The molecule has 0 bridgehead atoms. The van der Waals surface area contributed by atoms with Crippen molar-refractivity contribution in [2.24, 2.45) is 5.92 Å². The van der Waals surface area contributed by atoms with Gasteiger partial charge in [0.05, 0.1) is 6.07 Å². The molecule has 0 saturated heterocycles. The van der Waals surface area contributed by atoms with Crippen LogP contribution in [0.3, 0.4) is 0 Å². The quantitative estimate of drug-likeness (QED) is 0.829. The van der Waals surface area contributed by atoms with Gasteiger partial charge in [0, 0.05) is 19.5 Å². The van der Waals surface area contributed by atoms with Crippen LogP contribution in [0.2, 0.25) is 0 Å². The molecule has 20 heavy (non-hydrogen) atoms. The van der Waals surface area contributed by atoms with Gasteiger partial charge < -0.3 is 5.11 Å². The van der Waals surface area contributed by atoms with Crippen LogP contribution in [0.5, 0.6) is 0 Å². The van der Waals surface area contributed by atoms with Gasteiger partial charge in [-0.1, -0.05) is 13.8 Å². The number of nitrogens with zero attached hydrogens (tertiary/aromatic N) is 2. The minimum Gasteiger partial charge on any atom is -0.477 e. The molecule has 0 aliphatic rings. The van der Waals surface area contributed by atoms with Crippen molar-refractivity contribution in [3.8, 4) is 6.07 Å². The predicted octanol–water partition coefficient (Wildman–Crippen LogP) is 2.01. The Morgan fingerprint density at radius 2 is 2.15 bits per heavy atom. The van der Waals surface area contributed by atoms with Crippen molar-refractivity contribution in [2.75, 3.05) is 13.1 Å². The Bertz CT molecular complexity index is 614. The molecular formula is C12H16N2O4S2. The van der Waals surface area contributed by atoms with Crippen molar-refractivity contribution in [1.82, 2.24) is 4.31 Å². The van der Waals surface area contributed by atoms with Gasteiger partial charge >= 0.3 is 5.97 Å². The van der Waals surface area contributed by atoms with Gasteiger partial charge in [0.15, 0.2) is 0 Å². The molecule has 1 aromatic heterocycles. The van der Waals surface area contributed by atoms with E-state index in [1.807, 2.05) is 19.9 Å². The molecule has 0 aliphatic carbocycles. The fraction of sp³-hybridized carbons (Fsp3) is 0.500. The lowest BCUT2D eigenvalue weighted by Gasteiger charge is -2.22. The number of carbonyl (C=O) groups is 1. The zero-order chi connectivity index (χ0) is 15.3. The number of nitriles is 1. The number of rotatable bonds is 7. The summed E-state index contributed by atoms with van der Waals surface area (Å²) in [6.07, 6.45) is 0.100. The van der Waals surface area contributed by atoms with Crippen molar-refractivity contribution < 1.29 is 18.3 Å².